The van der Waals surface area contributed by atoms with Gasteiger partial charge in [-0.15, -0.1) is 0 Å². The summed E-state index contributed by atoms with van der Waals surface area (Å²) in [7, 11) is 0. The smallest absolute Gasteiger partial charge is 0.416 e. The van der Waals surface area contributed by atoms with Crippen molar-refractivity contribution in [1.29, 1.82) is 0 Å². The molecule has 0 radical (unpaired) electrons. The first-order valence-electron chi connectivity index (χ1n) is 11.1. The molecule has 37 heavy (non-hydrogen) atoms. The maximum Gasteiger partial charge on any atom is 0.416 e. The topological polar surface area (TPSA) is 80.2 Å². The van der Waals surface area contributed by atoms with Gasteiger partial charge in [0.25, 0.3) is 5.91 Å². The second kappa shape index (κ2) is 10.9. The lowest BCUT2D eigenvalue weighted by Crippen LogP contribution is -2.34. The van der Waals surface area contributed by atoms with Crippen LogP contribution in [-0.4, -0.2) is 35.2 Å². The summed E-state index contributed by atoms with van der Waals surface area (Å²) < 4.78 is 50.0. The first kappa shape index (κ1) is 26.6. The number of allylic oxidation sites excluding steroid dienone is 1. The summed E-state index contributed by atoms with van der Waals surface area (Å²) in [6.45, 7) is 3.07. The molecular formula is C25H21ClF3N3O4S. The maximum absolute atomic E-state index is 13.0. The van der Waals surface area contributed by atoms with Crippen LogP contribution in [0.2, 0.25) is 5.02 Å². The van der Waals surface area contributed by atoms with Crippen LogP contribution in [0.4, 0.5) is 18.9 Å². The summed E-state index contributed by atoms with van der Waals surface area (Å²) in [5, 5.41) is 5.24. The lowest BCUT2D eigenvalue weighted by Gasteiger charge is -2.34. The minimum absolute atomic E-state index is 0.0183. The van der Waals surface area contributed by atoms with Crippen LogP contribution in [0.1, 0.15) is 31.0 Å². The van der Waals surface area contributed by atoms with Gasteiger partial charge in [-0.05, 0) is 55.7 Å². The molecule has 1 atom stereocenters. The van der Waals surface area contributed by atoms with Gasteiger partial charge in [0, 0.05) is 22.5 Å². The molecule has 12 heteroatoms. The molecule has 0 aromatic heterocycles. The van der Waals surface area contributed by atoms with Crippen molar-refractivity contribution in [3.63, 3.8) is 0 Å². The lowest BCUT2D eigenvalue weighted by atomic mass is 9.94. The monoisotopic (exact) mass is 551 g/mol. The fraction of sp³-hybridized carbons (Fsp3) is 0.240. The van der Waals surface area contributed by atoms with Crippen LogP contribution in [0.15, 0.2) is 70.3 Å². The highest BCUT2D eigenvalue weighted by atomic mass is 35.5. The number of nitrogens with zero attached hydrogens (tertiary/aromatic N) is 2. The van der Waals surface area contributed by atoms with E-state index in [1.807, 2.05) is 5.41 Å². The molecule has 2 aromatic carbocycles. The second-order valence-electron chi connectivity index (χ2n) is 7.92. The van der Waals surface area contributed by atoms with Crippen molar-refractivity contribution >= 4 is 46.1 Å². The van der Waals surface area contributed by atoms with Gasteiger partial charge in [-0.25, -0.2) is 9.79 Å². The molecule has 0 aliphatic carbocycles. The van der Waals surface area contributed by atoms with Gasteiger partial charge >= 0.3 is 12.1 Å². The van der Waals surface area contributed by atoms with Crippen molar-refractivity contribution < 1.29 is 32.2 Å². The summed E-state index contributed by atoms with van der Waals surface area (Å²) in [6, 6.07) is 8.35. The fourth-order valence-electron chi connectivity index (χ4n) is 3.85. The van der Waals surface area contributed by atoms with E-state index in [1.54, 1.807) is 43.1 Å². The van der Waals surface area contributed by atoms with Crippen molar-refractivity contribution in [3.05, 3.63) is 81.5 Å². The number of halogens is 4. The molecule has 0 spiro atoms. The van der Waals surface area contributed by atoms with Crippen LogP contribution < -0.4 is 10.1 Å². The minimum atomic E-state index is -4.54. The van der Waals surface area contributed by atoms with Crippen LogP contribution in [0.5, 0.6) is 5.75 Å². The molecule has 1 N–H and O–H groups in total. The van der Waals surface area contributed by atoms with E-state index < -0.39 is 36.3 Å². The number of alkyl halides is 3. The molecule has 0 saturated carbocycles. The molecule has 2 aromatic rings. The molecule has 1 amide bonds. The molecule has 0 fully saturated rings. The highest BCUT2D eigenvalue weighted by molar-refractivity contribution is 8.16. The summed E-state index contributed by atoms with van der Waals surface area (Å²) in [5.74, 6) is -0.957. The fourth-order valence-corrected chi connectivity index (χ4v) is 4.83. The Labute approximate surface area is 220 Å². The van der Waals surface area contributed by atoms with Crippen LogP contribution in [0.3, 0.4) is 0 Å². The zero-order chi connectivity index (χ0) is 26.7. The van der Waals surface area contributed by atoms with Crippen molar-refractivity contribution in [2.75, 3.05) is 18.5 Å². The molecule has 4 rings (SSSR count). The van der Waals surface area contributed by atoms with Gasteiger partial charge in [0.15, 0.2) is 11.8 Å². The average Bonchev–Trinajstić information content (AvgIpc) is 3.30. The number of ether oxygens (including phenoxy) is 2. The van der Waals surface area contributed by atoms with E-state index in [9.17, 15) is 22.8 Å². The Morgan fingerprint density at radius 1 is 1.22 bits per heavy atom. The number of fused-ring (bicyclic) bond motifs is 1. The Morgan fingerprint density at radius 3 is 2.73 bits per heavy atom. The largest absolute Gasteiger partial charge is 0.483 e. The number of nitrogens with one attached hydrogen (secondary N) is 1. The number of amidine groups is 1. The molecule has 2 heterocycles. The first-order chi connectivity index (χ1) is 17.6. The van der Waals surface area contributed by atoms with E-state index in [0.717, 1.165) is 12.1 Å². The molecule has 2 aliphatic rings. The highest BCUT2D eigenvalue weighted by Crippen LogP contribution is 2.44. The van der Waals surface area contributed by atoms with E-state index in [1.165, 1.54) is 23.9 Å². The molecule has 0 saturated heterocycles. The van der Waals surface area contributed by atoms with Gasteiger partial charge in [0.2, 0.25) is 0 Å². The number of hydrogen-bond donors (Lipinski definition) is 1. The van der Waals surface area contributed by atoms with Gasteiger partial charge in [0.1, 0.15) is 5.75 Å². The minimum Gasteiger partial charge on any atom is -0.483 e. The quantitative estimate of drug-likeness (QED) is 0.416. The average molecular weight is 552 g/mol. The van der Waals surface area contributed by atoms with E-state index in [-0.39, 0.29) is 18.0 Å². The van der Waals surface area contributed by atoms with Crippen LogP contribution in [0, 0.1) is 0 Å². The number of amides is 1. The van der Waals surface area contributed by atoms with E-state index >= 15 is 0 Å². The Morgan fingerprint density at radius 2 is 2.00 bits per heavy atom. The molecule has 2 aliphatic heterocycles. The van der Waals surface area contributed by atoms with E-state index in [4.69, 9.17) is 21.1 Å². The molecule has 194 valence electrons. The van der Waals surface area contributed by atoms with Gasteiger partial charge in [-0.1, -0.05) is 29.4 Å². The second-order valence-corrected chi connectivity index (χ2v) is 9.23. The Balaban J connectivity index is 1.60. The van der Waals surface area contributed by atoms with Gasteiger partial charge in [-0.3, -0.25) is 4.79 Å². The Bertz CT molecular complexity index is 1330. The Kier molecular flexibility index (Phi) is 7.84. The van der Waals surface area contributed by atoms with Crippen molar-refractivity contribution in [3.8, 4) is 5.75 Å². The number of esters is 1. The number of hydrogen-bond acceptors (Lipinski definition) is 7. The number of aliphatic imine (C=N–C) groups is 1. The van der Waals surface area contributed by atoms with Crippen LogP contribution >= 0.6 is 23.4 Å². The SMILES string of the molecule is CCOC(=O)C1=C(C)N=C2SC=CN2[C@H]1c1cc(Cl)ccc1OCC(=O)Nc1cccc(C(F)(F)F)c1. The van der Waals surface area contributed by atoms with Crippen molar-refractivity contribution in [1.82, 2.24) is 4.90 Å². The number of rotatable bonds is 7. The Hall–Kier alpha value is -3.44. The lowest BCUT2D eigenvalue weighted by molar-refractivity contribution is -0.139. The van der Waals surface area contributed by atoms with Crippen LogP contribution in [0.25, 0.3) is 0 Å². The standard InChI is InChI=1S/C25H21ClF3N3O4S/c1-3-35-23(34)21-14(2)30-24-32(9-10-37-24)22(21)18-12-16(26)7-8-19(18)36-13-20(33)31-17-6-4-5-15(11-17)25(27,28)29/h4-12,22H,3,13H2,1-2H3,(H,31,33)/t22-/m0/s1. The van der Waals surface area contributed by atoms with Gasteiger partial charge in [0.05, 0.1) is 29.5 Å². The first-order valence-corrected chi connectivity index (χ1v) is 12.3. The van der Waals surface area contributed by atoms with Crippen LogP contribution in [-0.2, 0) is 20.5 Å². The predicted octanol–water partition coefficient (Wildman–Crippen LogP) is 6.14. The van der Waals surface area contributed by atoms with Gasteiger partial charge < -0.3 is 19.7 Å². The summed E-state index contributed by atoms with van der Waals surface area (Å²) in [6.07, 6.45) is -2.77. The van der Waals surface area contributed by atoms with Crippen molar-refractivity contribution in [2.45, 2.75) is 26.1 Å². The normalized spacial score (nSPS) is 16.9. The maximum atomic E-state index is 13.0. The molecule has 0 bridgehead atoms. The number of carbonyl (C=O) groups excluding carboxylic acids is 2. The molecule has 0 unspecified atom stereocenters. The third-order valence-corrected chi connectivity index (χ3v) is 6.42. The third-order valence-electron chi connectivity index (χ3n) is 5.41. The van der Waals surface area contributed by atoms with Gasteiger partial charge in [-0.2, -0.15) is 13.2 Å². The summed E-state index contributed by atoms with van der Waals surface area (Å²) in [4.78, 5) is 31.7. The number of benzene rings is 2. The zero-order valence-corrected chi connectivity index (χ0v) is 21.2. The number of anilines is 1. The highest BCUT2D eigenvalue weighted by Gasteiger charge is 2.39. The number of carbonyl (C=O) groups is 2. The van der Waals surface area contributed by atoms with E-state index in [2.05, 4.69) is 10.3 Å². The third kappa shape index (κ3) is 5.94. The molecular weight excluding hydrogens is 531 g/mol. The number of thioether (sulfide) groups is 1. The van der Waals surface area contributed by atoms with E-state index in [0.29, 0.717) is 27.0 Å². The summed E-state index contributed by atoms with van der Waals surface area (Å²) in [5.41, 5.74) is 0.347. The zero-order valence-electron chi connectivity index (χ0n) is 19.6. The molecule has 7 nitrogen and oxygen atoms in total. The summed E-state index contributed by atoms with van der Waals surface area (Å²) >= 11 is 7.67. The van der Waals surface area contributed by atoms with Crippen molar-refractivity contribution in [2.24, 2.45) is 4.99 Å². The predicted molar refractivity (Wildman–Crippen MR) is 135 cm³/mol.